The Morgan fingerprint density at radius 3 is 2.59 bits per heavy atom. The lowest BCUT2D eigenvalue weighted by molar-refractivity contribution is -0.136. The molecule has 1 aromatic rings. The molecule has 1 aromatic carbocycles. The molecule has 0 spiro atoms. The summed E-state index contributed by atoms with van der Waals surface area (Å²) in [6, 6.07) is 6.51. The monoisotopic (exact) mass is 257 g/mol. The van der Waals surface area contributed by atoms with Gasteiger partial charge in [-0.2, -0.15) is 0 Å². The van der Waals surface area contributed by atoms with Crippen LogP contribution in [0.1, 0.15) is 12.5 Å². The number of anilines is 1. The fourth-order valence-electron chi connectivity index (χ4n) is 1.39. The van der Waals surface area contributed by atoms with Gasteiger partial charge in [-0.25, -0.2) is 8.42 Å². The molecule has 5 nitrogen and oxygen atoms in total. The lowest BCUT2D eigenvalue weighted by Gasteiger charge is -2.18. The van der Waals surface area contributed by atoms with Crippen molar-refractivity contribution in [1.29, 1.82) is 0 Å². The van der Waals surface area contributed by atoms with Crippen molar-refractivity contribution in [2.75, 3.05) is 17.1 Å². The van der Waals surface area contributed by atoms with Crippen molar-refractivity contribution in [3.05, 3.63) is 29.8 Å². The zero-order chi connectivity index (χ0) is 13.1. The van der Waals surface area contributed by atoms with E-state index >= 15 is 0 Å². The van der Waals surface area contributed by atoms with Gasteiger partial charge in [0.2, 0.25) is 10.0 Å². The molecule has 0 amide bonds. The summed E-state index contributed by atoms with van der Waals surface area (Å²) in [4.78, 5) is 10.6. The Hall–Kier alpha value is -1.56. The molecule has 1 N–H and O–H groups in total. The van der Waals surface area contributed by atoms with Gasteiger partial charge >= 0.3 is 5.97 Å². The number of rotatable bonds is 5. The van der Waals surface area contributed by atoms with Crippen molar-refractivity contribution in [1.82, 2.24) is 0 Å². The molecular weight excluding hydrogens is 242 g/mol. The minimum absolute atomic E-state index is 0.00661. The Kier molecular flexibility index (Phi) is 4.11. The van der Waals surface area contributed by atoms with E-state index in [1.54, 1.807) is 31.2 Å². The van der Waals surface area contributed by atoms with Crippen LogP contribution in [0.15, 0.2) is 24.3 Å². The van der Waals surface area contributed by atoms with E-state index in [1.807, 2.05) is 0 Å². The average Bonchev–Trinajstić information content (AvgIpc) is 2.27. The van der Waals surface area contributed by atoms with Gasteiger partial charge in [0, 0.05) is 7.05 Å². The van der Waals surface area contributed by atoms with Crippen LogP contribution >= 0.6 is 0 Å². The van der Waals surface area contributed by atoms with Crippen LogP contribution in [0.5, 0.6) is 0 Å². The number of sulfonamides is 1. The first-order valence-corrected chi connectivity index (χ1v) is 6.75. The molecule has 0 fully saturated rings. The topological polar surface area (TPSA) is 74.7 Å². The zero-order valence-electron chi connectivity index (χ0n) is 9.75. The number of carboxylic acid groups (broad SMARTS) is 1. The zero-order valence-corrected chi connectivity index (χ0v) is 10.6. The maximum atomic E-state index is 11.6. The van der Waals surface area contributed by atoms with Crippen molar-refractivity contribution in [2.24, 2.45) is 0 Å². The van der Waals surface area contributed by atoms with Crippen LogP contribution in [0.4, 0.5) is 5.69 Å². The summed E-state index contributed by atoms with van der Waals surface area (Å²) in [6.07, 6.45) is -0.117. The predicted molar refractivity (Wildman–Crippen MR) is 65.6 cm³/mol. The van der Waals surface area contributed by atoms with Gasteiger partial charge in [0.15, 0.2) is 0 Å². The molecule has 94 valence electrons. The SMILES string of the molecule is CCS(=O)(=O)N(C)c1cccc(CC(=O)O)c1. The third-order valence-corrected chi connectivity index (χ3v) is 4.19. The van der Waals surface area contributed by atoms with Gasteiger partial charge in [-0.05, 0) is 24.6 Å². The van der Waals surface area contributed by atoms with Gasteiger partial charge in [-0.3, -0.25) is 9.10 Å². The first-order valence-electron chi connectivity index (χ1n) is 5.14. The van der Waals surface area contributed by atoms with Crippen molar-refractivity contribution in [2.45, 2.75) is 13.3 Å². The third-order valence-electron chi connectivity index (χ3n) is 2.41. The van der Waals surface area contributed by atoms with E-state index in [9.17, 15) is 13.2 Å². The Labute approximate surface area is 101 Å². The highest BCUT2D eigenvalue weighted by molar-refractivity contribution is 7.92. The Morgan fingerprint density at radius 2 is 2.06 bits per heavy atom. The van der Waals surface area contributed by atoms with Gasteiger partial charge in [-0.1, -0.05) is 12.1 Å². The van der Waals surface area contributed by atoms with Crippen molar-refractivity contribution < 1.29 is 18.3 Å². The van der Waals surface area contributed by atoms with E-state index in [2.05, 4.69) is 0 Å². The Bertz CT molecular complexity index is 510. The van der Waals surface area contributed by atoms with Crippen molar-refractivity contribution in [3.63, 3.8) is 0 Å². The Morgan fingerprint density at radius 1 is 1.41 bits per heavy atom. The fraction of sp³-hybridized carbons (Fsp3) is 0.364. The van der Waals surface area contributed by atoms with Gasteiger partial charge in [0.05, 0.1) is 17.9 Å². The quantitative estimate of drug-likeness (QED) is 0.857. The standard InChI is InChI=1S/C11H15NO4S/c1-3-17(15,16)12(2)10-6-4-5-9(7-10)8-11(13)14/h4-7H,3,8H2,1-2H3,(H,13,14). The number of carbonyl (C=O) groups is 1. The molecule has 0 aliphatic rings. The summed E-state index contributed by atoms with van der Waals surface area (Å²) >= 11 is 0. The fourth-order valence-corrected chi connectivity index (χ4v) is 2.21. The molecule has 0 aliphatic carbocycles. The molecule has 0 unspecified atom stereocenters. The third kappa shape index (κ3) is 3.45. The molecule has 0 radical (unpaired) electrons. The van der Waals surface area contributed by atoms with E-state index < -0.39 is 16.0 Å². The molecule has 0 saturated carbocycles. The second-order valence-electron chi connectivity index (χ2n) is 3.61. The van der Waals surface area contributed by atoms with Gasteiger partial charge in [-0.15, -0.1) is 0 Å². The van der Waals surface area contributed by atoms with Crippen LogP contribution in [0, 0.1) is 0 Å². The normalized spacial score (nSPS) is 11.2. The molecule has 17 heavy (non-hydrogen) atoms. The average molecular weight is 257 g/mol. The number of hydrogen-bond donors (Lipinski definition) is 1. The molecular formula is C11H15NO4S. The summed E-state index contributed by atoms with van der Waals surface area (Å²) in [5, 5.41) is 8.67. The van der Waals surface area contributed by atoms with Gasteiger partial charge < -0.3 is 5.11 Å². The largest absolute Gasteiger partial charge is 0.481 e. The van der Waals surface area contributed by atoms with Crippen LogP contribution < -0.4 is 4.31 Å². The number of aliphatic carboxylic acids is 1. The lowest BCUT2D eigenvalue weighted by Crippen LogP contribution is -2.28. The number of carboxylic acids is 1. The highest BCUT2D eigenvalue weighted by atomic mass is 32.2. The van der Waals surface area contributed by atoms with Crippen molar-refractivity contribution >= 4 is 21.7 Å². The Balaban J connectivity index is 3.03. The predicted octanol–water partition coefficient (Wildman–Crippen LogP) is 1.10. The number of nitrogens with zero attached hydrogens (tertiary/aromatic N) is 1. The highest BCUT2D eigenvalue weighted by Gasteiger charge is 2.16. The molecule has 0 bridgehead atoms. The summed E-state index contributed by atoms with van der Waals surface area (Å²) in [5.74, 6) is -0.935. The van der Waals surface area contributed by atoms with E-state index in [-0.39, 0.29) is 12.2 Å². The lowest BCUT2D eigenvalue weighted by atomic mass is 10.1. The van der Waals surface area contributed by atoms with Crippen LogP contribution in [0.25, 0.3) is 0 Å². The molecule has 0 aromatic heterocycles. The van der Waals surface area contributed by atoms with Crippen LogP contribution in [0.3, 0.4) is 0 Å². The highest BCUT2D eigenvalue weighted by Crippen LogP contribution is 2.18. The minimum Gasteiger partial charge on any atom is -0.481 e. The number of benzene rings is 1. The second kappa shape index (κ2) is 5.18. The molecule has 1 rings (SSSR count). The van der Waals surface area contributed by atoms with E-state index in [4.69, 9.17) is 5.11 Å². The molecule has 0 heterocycles. The molecule has 0 saturated heterocycles. The smallest absolute Gasteiger partial charge is 0.307 e. The van der Waals surface area contributed by atoms with Crippen molar-refractivity contribution in [3.8, 4) is 0 Å². The molecule has 0 aliphatic heterocycles. The van der Waals surface area contributed by atoms with E-state index in [0.717, 1.165) is 0 Å². The first kappa shape index (κ1) is 13.5. The maximum Gasteiger partial charge on any atom is 0.307 e. The van der Waals surface area contributed by atoms with Gasteiger partial charge in [0.1, 0.15) is 0 Å². The number of hydrogen-bond acceptors (Lipinski definition) is 3. The minimum atomic E-state index is -3.31. The van der Waals surface area contributed by atoms with Crippen LogP contribution in [0.2, 0.25) is 0 Å². The molecule has 0 atom stereocenters. The van der Waals surface area contributed by atoms with E-state index in [0.29, 0.717) is 11.3 Å². The van der Waals surface area contributed by atoms with Gasteiger partial charge in [0.25, 0.3) is 0 Å². The second-order valence-corrected chi connectivity index (χ2v) is 5.90. The maximum absolute atomic E-state index is 11.6. The van der Waals surface area contributed by atoms with Crippen LogP contribution in [-0.4, -0.2) is 32.3 Å². The summed E-state index contributed by atoms with van der Waals surface area (Å²) in [6.45, 7) is 1.56. The van der Waals surface area contributed by atoms with E-state index in [1.165, 1.54) is 11.4 Å². The van der Waals surface area contributed by atoms with Crippen LogP contribution in [-0.2, 0) is 21.2 Å². The molecule has 6 heteroatoms. The summed E-state index contributed by atoms with van der Waals surface area (Å²) in [7, 11) is -1.85. The summed E-state index contributed by atoms with van der Waals surface area (Å²) in [5.41, 5.74) is 1.05. The summed E-state index contributed by atoms with van der Waals surface area (Å²) < 4.78 is 24.5. The first-order chi connectivity index (χ1) is 7.86.